The van der Waals surface area contributed by atoms with Crippen LogP contribution in [0.3, 0.4) is 0 Å². The highest BCUT2D eigenvalue weighted by atomic mass is 35.5. The van der Waals surface area contributed by atoms with Crippen molar-refractivity contribution in [2.45, 2.75) is 45.3 Å². The van der Waals surface area contributed by atoms with Crippen LogP contribution in [-0.4, -0.2) is 41.6 Å². The second kappa shape index (κ2) is 8.27. The van der Waals surface area contributed by atoms with Crippen molar-refractivity contribution in [1.29, 1.82) is 0 Å². The number of fused-ring (bicyclic) bond motifs is 1. The highest BCUT2D eigenvalue weighted by Gasteiger charge is 2.29. The maximum atomic E-state index is 13.0. The highest BCUT2D eigenvalue weighted by Crippen LogP contribution is 2.41. The van der Waals surface area contributed by atoms with Crippen molar-refractivity contribution in [3.05, 3.63) is 32.1 Å². The molecule has 1 N–H and O–H groups in total. The van der Waals surface area contributed by atoms with E-state index in [1.54, 1.807) is 17.0 Å². The number of benzene rings is 1. The van der Waals surface area contributed by atoms with Gasteiger partial charge in [0.15, 0.2) is 0 Å². The van der Waals surface area contributed by atoms with Gasteiger partial charge in [-0.05, 0) is 45.7 Å². The molecule has 0 saturated carbocycles. The molecule has 0 radical (unpaired) electrons. The molecule has 2 aromatic rings. The second-order valence-corrected chi connectivity index (χ2v) is 9.99. The summed E-state index contributed by atoms with van der Waals surface area (Å²) in [5, 5.41) is 4.82. The van der Waals surface area contributed by atoms with Crippen molar-refractivity contribution in [1.82, 2.24) is 10.2 Å². The summed E-state index contributed by atoms with van der Waals surface area (Å²) in [6.45, 7) is 6.52. The number of piperidine rings is 1. The number of hydrogen-bond acceptors (Lipinski definition) is 4. The number of thiophene rings is 1. The van der Waals surface area contributed by atoms with E-state index in [2.05, 4.69) is 5.32 Å². The molecule has 28 heavy (non-hydrogen) atoms. The van der Waals surface area contributed by atoms with Gasteiger partial charge in [0.25, 0.3) is 5.91 Å². The lowest BCUT2D eigenvalue weighted by Crippen LogP contribution is -2.47. The number of hydrogen-bond donors (Lipinski definition) is 1. The number of ether oxygens (including phenoxy) is 1. The molecule has 9 heteroatoms. The molecule has 3 rings (SSSR count). The molecule has 1 saturated heterocycles. The molecule has 152 valence electrons. The average Bonchev–Trinajstić information content (AvgIpc) is 2.89. The summed E-state index contributed by atoms with van der Waals surface area (Å²) in [6, 6.07) is 3.35. The first kappa shape index (κ1) is 21.5. The van der Waals surface area contributed by atoms with E-state index in [1.165, 1.54) is 11.3 Å². The Hall–Kier alpha value is -1.21. The monoisotopic (exact) mass is 462 g/mol. The van der Waals surface area contributed by atoms with Crippen molar-refractivity contribution in [3.63, 3.8) is 0 Å². The van der Waals surface area contributed by atoms with Crippen LogP contribution in [0.15, 0.2) is 12.1 Å². The fraction of sp³-hybridized carbons (Fsp3) is 0.474. The van der Waals surface area contributed by atoms with Crippen LogP contribution >= 0.6 is 46.1 Å². The second-order valence-electron chi connectivity index (χ2n) is 7.72. The number of rotatable bonds is 2. The predicted molar refractivity (Wildman–Crippen MR) is 115 cm³/mol. The van der Waals surface area contributed by atoms with Gasteiger partial charge in [-0.2, -0.15) is 0 Å². The van der Waals surface area contributed by atoms with Gasteiger partial charge < -0.3 is 15.0 Å². The molecule has 1 aliphatic heterocycles. The van der Waals surface area contributed by atoms with Gasteiger partial charge in [0.2, 0.25) is 0 Å². The number of amides is 2. The molecular formula is C19H21Cl3N2O3S. The topological polar surface area (TPSA) is 58.6 Å². The third-order valence-electron chi connectivity index (χ3n) is 4.35. The van der Waals surface area contributed by atoms with E-state index in [4.69, 9.17) is 39.5 Å². The molecule has 0 unspecified atom stereocenters. The van der Waals surface area contributed by atoms with Gasteiger partial charge >= 0.3 is 6.09 Å². The zero-order valence-electron chi connectivity index (χ0n) is 15.8. The Kier molecular flexibility index (Phi) is 6.35. The molecule has 5 nitrogen and oxygen atoms in total. The van der Waals surface area contributed by atoms with Gasteiger partial charge in [-0.25, -0.2) is 4.79 Å². The maximum absolute atomic E-state index is 13.0. The van der Waals surface area contributed by atoms with Crippen LogP contribution in [0.25, 0.3) is 10.1 Å². The van der Waals surface area contributed by atoms with E-state index in [0.29, 0.717) is 51.3 Å². The third kappa shape index (κ3) is 4.85. The van der Waals surface area contributed by atoms with Crippen molar-refractivity contribution in [2.24, 2.45) is 0 Å². The molecule has 1 aromatic heterocycles. The minimum absolute atomic E-state index is 0.0231. The summed E-state index contributed by atoms with van der Waals surface area (Å²) in [6.07, 6.45) is 0.872. The lowest BCUT2D eigenvalue weighted by Gasteiger charge is -2.32. The lowest BCUT2D eigenvalue weighted by atomic mass is 10.1. The van der Waals surface area contributed by atoms with Crippen LogP contribution in [0.4, 0.5) is 4.79 Å². The van der Waals surface area contributed by atoms with Gasteiger partial charge in [0, 0.05) is 34.2 Å². The summed E-state index contributed by atoms with van der Waals surface area (Å²) in [4.78, 5) is 27.1. The molecule has 0 atom stereocenters. The zero-order chi connectivity index (χ0) is 20.6. The zero-order valence-corrected chi connectivity index (χ0v) is 18.9. The smallest absolute Gasteiger partial charge is 0.407 e. The van der Waals surface area contributed by atoms with Crippen molar-refractivity contribution in [3.8, 4) is 0 Å². The Morgan fingerprint density at radius 3 is 2.43 bits per heavy atom. The van der Waals surface area contributed by atoms with Crippen molar-refractivity contribution < 1.29 is 14.3 Å². The summed E-state index contributed by atoms with van der Waals surface area (Å²) >= 11 is 20.0. The third-order valence-corrected chi connectivity index (χ3v) is 6.48. The number of carbonyl (C=O) groups is 2. The van der Waals surface area contributed by atoms with E-state index in [-0.39, 0.29) is 11.9 Å². The fourth-order valence-corrected chi connectivity index (χ4v) is 5.44. The molecule has 1 aliphatic rings. The number of likely N-dealkylation sites (tertiary alicyclic amines) is 1. The Morgan fingerprint density at radius 1 is 1.18 bits per heavy atom. The van der Waals surface area contributed by atoms with Gasteiger partial charge in [-0.15, -0.1) is 11.3 Å². The predicted octanol–water partition coefficient (Wildman–Crippen LogP) is 5.99. The Labute approximate surface area is 182 Å². The van der Waals surface area contributed by atoms with E-state index >= 15 is 0 Å². The Morgan fingerprint density at radius 2 is 1.82 bits per heavy atom. The van der Waals surface area contributed by atoms with E-state index in [1.807, 2.05) is 20.8 Å². The molecule has 1 fully saturated rings. The largest absolute Gasteiger partial charge is 0.444 e. The SMILES string of the molecule is CC(C)(C)OC(=O)NC1CCN(C(=O)c2sc3cc(Cl)cc(Cl)c3c2Cl)CC1. The van der Waals surface area contributed by atoms with Gasteiger partial charge in [0.05, 0.1) is 10.0 Å². The van der Waals surface area contributed by atoms with Gasteiger partial charge in [0.1, 0.15) is 10.5 Å². The van der Waals surface area contributed by atoms with Crippen LogP contribution in [0.2, 0.25) is 15.1 Å². The highest BCUT2D eigenvalue weighted by molar-refractivity contribution is 7.21. The van der Waals surface area contributed by atoms with Crippen LogP contribution in [0.5, 0.6) is 0 Å². The molecule has 2 amide bonds. The summed E-state index contributed by atoms with van der Waals surface area (Å²) in [7, 11) is 0. The number of alkyl carbamates (subject to hydrolysis) is 1. The molecule has 1 aromatic carbocycles. The van der Waals surface area contributed by atoms with Crippen LogP contribution in [-0.2, 0) is 4.74 Å². The maximum Gasteiger partial charge on any atom is 0.407 e. The first-order valence-corrected chi connectivity index (χ1v) is 10.9. The van der Waals surface area contributed by atoms with Crippen LogP contribution < -0.4 is 5.32 Å². The summed E-state index contributed by atoms with van der Waals surface area (Å²) in [5.41, 5.74) is -0.539. The van der Waals surface area contributed by atoms with Crippen molar-refractivity contribution in [2.75, 3.05) is 13.1 Å². The number of halogens is 3. The number of nitrogens with one attached hydrogen (secondary N) is 1. The van der Waals surface area contributed by atoms with Crippen LogP contribution in [0.1, 0.15) is 43.3 Å². The van der Waals surface area contributed by atoms with Crippen LogP contribution in [0, 0.1) is 0 Å². The normalized spacial score (nSPS) is 15.7. The Bertz CT molecular complexity index is 915. The average molecular weight is 464 g/mol. The van der Waals surface area contributed by atoms with E-state index < -0.39 is 11.7 Å². The number of carbonyl (C=O) groups excluding carboxylic acids is 2. The molecule has 0 bridgehead atoms. The molecule has 0 spiro atoms. The number of nitrogens with zero attached hydrogens (tertiary/aromatic N) is 1. The first-order valence-electron chi connectivity index (χ1n) is 8.91. The van der Waals surface area contributed by atoms with Gasteiger partial charge in [-0.1, -0.05) is 34.8 Å². The molecule has 2 heterocycles. The quantitative estimate of drug-likeness (QED) is 0.595. The first-order chi connectivity index (χ1) is 13.0. The summed E-state index contributed by atoms with van der Waals surface area (Å²) in [5.74, 6) is -0.130. The fourth-order valence-electron chi connectivity index (χ4n) is 3.09. The lowest BCUT2D eigenvalue weighted by molar-refractivity contribution is 0.0474. The minimum atomic E-state index is -0.539. The van der Waals surface area contributed by atoms with E-state index in [0.717, 1.165) is 4.70 Å². The van der Waals surface area contributed by atoms with E-state index in [9.17, 15) is 9.59 Å². The van der Waals surface area contributed by atoms with Gasteiger partial charge in [-0.3, -0.25) is 4.79 Å². The molecule has 0 aliphatic carbocycles. The Balaban J connectivity index is 1.66. The van der Waals surface area contributed by atoms with Crippen molar-refractivity contribution >= 4 is 68.2 Å². The standard InChI is InChI=1S/C19H21Cl3N2O3S/c1-19(2,3)27-18(26)23-11-4-6-24(7-5-11)17(25)16-15(22)14-12(21)8-10(20)9-13(14)28-16/h8-9,11H,4-7H2,1-3H3,(H,23,26). The summed E-state index contributed by atoms with van der Waals surface area (Å²) < 4.78 is 6.07. The minimum Gasteiger partial charge on any atom is -0.444 e. The molecular weight excluding hydrogens is 443 g/mol.